The molecule has 0 aliphatic heterocycles. The number of nitrogens with zero attached hydrogens (tertiary/aromatic N) is 1. The van der Waals surface area contributed by atoms with Gasteiger partial charge in [0.05, 0.1) is 32.3 Å². The van der Waals surface area contributed by atoms with Crippen molar-refractivity contribution in [3.8, 4) is 0 Å². The van der Waals surface area contributed by atoms with Crippen LogP contribution in [-0.2, 0) is 4.74 Å². The Morgan fingerprint density at radius 2 is 2.03 bits per heavy atom. The van der Waals surface area contributed by atoms with Gasteiger partial charge in [-0.2, -0.15) is 0 Å². The molecule has 0 N–H and O–H groups in total. The fourth-order valence-corrected chi connectivity index (χ4v) is 7.35. The summed E-state index contributed by atoms with van der Waals surface area (Å²) in [6.07, 6.45) is 9.84. The van der Waals surface area contributed by atoms with Crippen LogP contribution in [0.2, 0.25) is 0 Å². The first-order chi connectivity index (χ1) is 16.1. The van der Waals surface area contributed by atoms with Crippen molar-refractivity contribution < 1.29 is 14.3 Å². The largest absolute Gasteiger partial charge is 0.462 e. The summed E-state index contributed by atoms with van der Waals surface area (Å²) in [5.74, 6) is -0.474. The van der Waals surface area contributed by atoms with E-state index in [2.05, 4.69) is 28.1 Å². The molecule has 0 saturated heterocycles. The van der Waals surface area contributed by atoms with Crippen molar-refractivity contribution in [1.29, 1.82) is 0 Å². The molecule has 1 aliphatic rings. The second-order valence-electron chi connectivity index (χ2n) is 7.84. The number of rotatable bonds is 6. The number of pyridine rings is 1. The van der Waals surface area contributed by atoms with Gasteiger partial charge in [0.25, 0.3) is 0 Å². The minimum atomic E-state index is -0.395. The van der Waals surface area contributed by atoms with Crippen LogP contribution in [0.15, 0.2) is 69.5 Å². The Balaban J connectivity index is 1.77. The van der Waals surface area contributed by atoms with Crippen LogP contribution in [0.1, 0.15) is 51.8 Å². The second kappa shape index (κ2) is 9.49. The maximum absolute atomic E-state index is 13.7. The molecule has 3 heterocycles. The van der Waals surface area contributed by atoms with Crippen molar-refractivity contribution in [2.75, 3.05) is 6.61 Å². The summed E-state index contributed by atoms with van der Waals surface area (Å²) in [5, 5.41) is 1.05. The van der Waals surface area contributed by atoms with Gasteiger partial charge >= 0.3 is 5.97 Å². The van der Waals surface area contributed by atoms with Gasteiger partial charge in [0.2, 0.25) is 5.78 Å². The number of fused-ring (bicyclic) bond motifs is 3. The Morgan fingerprint density at radius 1 is 1.21 bits per heavy atom. The predicted octanol–water partition coefficient (Wildman–Crippen LogP) is 7.53. The van der Waals surface area contributed by atoms with Gasteiger partial charge in [-0.15, -0.1) is 23.1 Å². The minimum absolute atomic E-state index is 0.0787. The minimum Gasteiger partial charge on any atom is -0.462 e. The average molecular weight is 541 g/mol. The number of aromatic nitrogens is 1. The van der Waals surface area contributed by atoms with E-state index < -0.39 is 5.97 Å². The molecule has 5 rings (SSSR count). The molecule has 3 aromatic heterocycles. The number of ether oxygens (including phenoxy) is 1. The molecule has 1 aliphatic carbocycles. The third-order valence-corrected chi connectivity index (χ3v) is 8.86. The number of allylic oxidation sites excluding steroid dienone is 1. The third kappa shape index (κ3) is 4.18. The zero-order chi connectivity index (χ0) is 22.9. The van der Waals surface area contributed by atoms with Gasteiger partial charge in [-0.25, -0.2) is 4.79 Å². The van der Waals surface area contributed by atoms with Crippen LogP contribution >= 0.6 is 39.0 Å². The zero-order valence-corrected chi connectivity index (χ0v) is 21.3. The standard InChI is InChI=1S/C26H22BrNO3S2/c1-2-31-25(30)20-19-10-6-7-15-28(19)22-21(20)24(23(29)16-11-13-17(27)14-12-16)33-26(22)32-18-8-4-3-5-9-18/h4,6-8,10-15,18H,2-3,5,9H2,1H3. The topological polar surface area (TPSA) is 47.8 Å². The van der Waals surface area contributed by atoms with E-state index in [-0.39, 0.29) is 12.4 Å². The van der Waals surface area contributed by atoms with Crippen molar-refractivity contribution in [3.63, 3.8) is 0 Å². The Kier molecular flexibility index (Phi) is 6.45. The summed E-state index contributed by atoms with van der Waals surface area (Å²) < 4.78 is 9.44. The fraction of sp³-hybridized carbons (Fsp3) is 0.231. The molecule has 0 fully saturated rings. The molecule has 0 radical (unpaired) electrons. The number of thioether (sulfide) groups is 1. The summed E-state index contributed by atoms with van der Waals surface area (Å²) in [7, 11) is 0. The third-order valence-electron chi connectivity index (χ3n) is 5.72. The van der Waals surface area contributed by atoms with Crippen molar-refractivity contribution in [2.24, 2.45) is 0 Å². The summed E-state index contributed by atoms with van der Waals surface area (Å²) in [6.45, 7) is 2.07. The molecule has 0 amide bonds. The molecule has 1 unspecified atom stereocenters. The molecule has 4 nitrogen and oxygen atoms in total. The lowest BCUT2D eigenvalue weighted by Gasteiger charge is -2.14. The molecular weight excluding hydrogens is 518 g/mol. The smallest absolute Gasteiger partial charge is 0.341 e. The number of thiophene rings is 1. The Labute approximate surface area is 208 Å². The summed E-state index contributed by atoms with van der Waals surface area (Å²) in [4.78, 5) is 27.4. The van der Waals surface area contributed by atoms with Gasteiger partial charge in [0.1, 0.15) is 0 Å². The molecular formula is C26H22BrNO3S2. The van der Waals surface area contributed by atoms with Crippen LogP contribution in [0.5, 0.6) is 0 Å². The van der Waals surface area contributed by atoms with E-state index in [1.165, 1.54) is 11.3 Å². The summed E-state index contributed by atoms with van der Waals surface area (Å²) in [5.41, 5.74) is 2.75. The van der Waals surface area contributed by atoms with Crippen LogP contribution in [0.3, 0.4) is 0 Å². The van der Waals surface area contributed by atoms with Gasteiger partial charge in [-0.1, -0.05) is 34.1 Å². The highest BCUT2D eigenvalue weighted by Crippen LogP contribution is 2.46. The first-order valence-electron chi connectivity index (χ1n) is 10.9. The van der Waals surface area contributed by atoms with Crippen LogP contribution in [0, 0.1) is 0 Å². The molecule has 4 aromatic rings. The fourth-order valence-electron chi connectivity index (χ4n) is 4.22. The van der Waals surface area contributed by atoms with E-state index in [9.17, 15) is 9.59 Å². The summed E-state index contributed by atoms with van der Waals surface area (Å²) >= 11 is 6.70. The highest BCUT2D eigenvalue weighted by atomic mass is 79.9. The number of hydrogen-bond donors (Lipinski definition) is 0. The Bertz CT molecular complexity index is 1380. The number of benzene rings is 1. The van der Waals surface area contributed by atoms with Crippen LogP contribution in [0.4, 0.5) is 0 Å². The average Bonchev–Trinajstić information content (AvgIpc) is 3.36. The number of carbonyl (C=O) groups excluding carboxylic acids is 2. The molecule has 1 atom stereocenters. The molecule has 0 bridgehead atoms. The molecule has 0 saturated carbocycles. The molecule has 1 aromatic carbocycles. The summed E-state index contributed by atoms with van der Waals surface area (Å²) in [6, 6.07) is 13.1. The van der Waals surface area contributed by atoms with Gasteiger partial charge in [-0.05, 0) is 62.6 Å². The second-order valence-corrected chi connectivity index (χ2v) is 11.3. The van der Waals surface area contributed by atoms with Crippen molar-refractivity contribution in [1.82, 2.24) is 4.40 Å². The normalized spacial score (nSPS) is 15.9. The number of carbonyl (C=O) groups is 2. The molecule has 168 valence electrons. The molecule has 33 heavy (non-hydrogen) atoms. The number of hydrogen-bond acceptors (Lipinski definition) is 5. The number of ketones is 1. The zero-order valence-electron chi connectivity index (χ0n) is 18.0. The number of halogens is 1. The van der Waals surface area contributed by atoms with Crippen LogP contribution in [0.25, 0.3) is 16.4 Å². The van der Waals surface area contributed by atoms with Crippen molar-refractivity contribution >= 4 is 67.2 Å². The van der Waals surface area contributed by atoms with E-state index in [0.29, 0.717) is 26.6 Å². The predicted molar refractivity (Wildman–Crippen MR) is 139 cm³/mol. The van der Waals surface area contributed by atoms with Crippen LogP contribution < -0.4 is 0 Å². The first-order valence-corrected chi connectivity index (χ1v) is 13.4. The lowest BCUT2D eigenvalue weighted by Crippen LogP contribution is -2.06. The van der Waals surface area contributed by atoms with E-state index in [4.69, 9.17) is 4.74 Å². The monoisotopic (exact) mass is 539 g/mol. The lowest BCUT2D eigenvalue weighted by atomic mass is 10.1. The Morgan fingerprint density at radius 3 is 2.76 bits per heavy atom. The first kappa shape index (κ1) is 22.4. The van der Waals surface area contributed by atoms with Gasteiger partial charge < -0.3 is 9.14 Å². The van der Waals surface area contributed by atoms with Gasteiger partial charge in [0, 0.05) is 26.9 Å². The Hall–Kier alpha value is -2.35. The van der Waals surface area contributed by atoms with E-state index >= 15 is 0 Å². The van der Waals surface area contributed by atoms with Gasteiger partial charge in [0.15, 0.2) is 0 Å². The maximum Gasteiger partial charge on any atom is 0.341 e. The molecule has 0 spiro atoms. The highest BCUT2D eigenvalue weighted by Gasteiger charge is 2.30. The van der Waals surface area contributed by atoms with Gasteiger partial charge in [-0.3, -0.25) is 4.79 Å². The maximum atomic E-state index is 13.7. The van der Waals surface area contributed by atoms with Crippen molar-refractivity contribution in [3.05, 3.63) is 81.3 Å². The SMILES string of the molecule is CCOC(=O)c1c2c(C(=O)c3ccc(Br)cc3)sc(SC3C=CCCC3)c2n2ccccc12. The highest BCUT2D eigenvalue weighted by molar-refractivity contribution is 9.10. The lowest BCUT2D eigenvalue weighted by molar-refractivity contribution is 0.0531. The van der Waals surface area contributed by atoms with E-state index in [1.807, 2.05) is 53.1 Å². The quantitative estimate of drug-likeness (QED) is 0.144. The van der Waals surface area contributed by atoms with Crippen LogP contribution in [-0.4, -0.2) is 28.0 Å². The van der Waals surface area contributed by atoms with E-state index in [0.717, 1.165) is 39.0 Å². The molecule has 7 heteroatoms. The van der Waals surface area contributed by atoms with E-state index in [1.54, 1.807) is 18.7 Å². The number of esters is 1. The van der Waals surface area contributed by atoms with Crippen molar-refractivity contribution in [2.45, 2.75) is 35.6 Å².